The van der Waals surface area contributed by atoms with Crippen molar-refractivity contribution in [1.82, 2.24) is 10.3 Å². The first-order valence-corrected chi connectivity index (χ1v) is 7.75. The van der Waals surface area contributed by atoms with Crippen LogP contribution in [0.2, 0.25) is 0 Å². The minimum Gasteiger partial charge on any atom is -0.345 e. The Labute approximate surface area is 129 Å². The summed E-state index contributed by atoms with van der Waals surface area (Å²) in [7, 11) is 0. The summed E-state index contributed by atoms with van der Waals surface area (Å²) in [4.78, 5) is 16.7. The second kappa shape index (κ2) is 7.64. The number of benzene rings is 1. The minimum absolute atomic E-state index is 0.0452. The largest absolute Gasteiger partial charge is 0.345 e. The highest BCUT2D eigenvalue weighted by Gasteiger charge is 2.15. The summed E-state index contributed by atoms with van der Waals surface area (Å²) < 4.78 is 0. The zero-order valence-electron chi connectivity index (χ0n) is 12.0. The Kier molecular flexibility index (Phi) is 5.58. The van der Waals surface area contributed by atoms with Crippen LogP contribution in [-0.4, -0.2) is 16.6 Å². The average Bonchev–Trinajstić information content (AvgIpc) is 2.54. The third kappa shape index (κ3) is 4.20. The number of thioether (sulfide) groups is 1. The van der Waals surface area contributed by atoms with E-state index in [0.717, 1.165) is 16.3 Å². The predicted molar refractivity (Wildman–Crippen MR) is 87.5 cm³/mol. The number of rotatable bonds is 6. The maximum Gasteiger partial charge on any atom is 0.254 e. The summed E-state index contributed by atoms with van der Waals surface area (Å²) in [5.74, 6) is 0.622. The molecular formula is C17H18N2OS. The van der Waals surface area contributed by atoms with Gasteiger partial charge in [-0.25, -0.2) is 4.98 Å². The normalized spacial score (nSPS) is 11.7. The second-order valence-electron chi connectivity index (χ2n) is 4.56. The van der Waals surface area contributed by atoms with Gasteiger partial charge in [-0.1, -0.05) is 36.4 Å². The van der Waals surface area contributed by atoms with Gasteiger partial charge in [0.2, 0.25) is 0 Å². The number of amides is 1. The Hall–Kier alpha value is -2.07. The van der Waals surface area contributed by atoms with Gasteiger partial charge in [-0.3, -0.25) is 4.79 Å². The van der Waals surface area contributed by atoms with Crippen LogP contribution in [0.15, 0.2) is 66.3 Å². The van der Waals surface area contributed by atoms with E-state index in [-0.39, 0.29) is 11.9 Å². The number of aromatic nitrogens is 1. The first-order chi connectivity index (χ1) is 10.2. The van der Waals surface area contributed by atoms with Crippen molar-refractivity contribution in [3.8, 4) is 0 Å². The highest BCUT2D eigenvalue weighted by atomic mass is 32.2. The van der Waals surface area contributed by atoms with Crippen molar-refractivity contribution in [2.24, 2.45) is 0 Å². The fourth-order valence-corrected chi connectivity index (χ4v) is 2.64. The van der Waals surface area contributed by atoms with Crippen LogP contribution in [0, 0.1) is 0 Å². The van der Waals surface area contributed by atoms with Crippen LogP contribution in [0.4, 0.5) is 0 Å². The van der Waals surface area contributed by atoms with Gasteiger partial charge in [0.05, 0.1) is 11.6 Å². The van der Waals surface area contributed by atoms with Crippen molar-refractivity contribution in [2.45, 2.75) is 18.0 Å². The number of nitrogens with one attached hydrogen (secondary N) is 1. The number of carbonyl (C=O) groups is 1. The van der Waals surface area contributed by atoms with Crippen LogP contribution in [0.25, 0.3) is 0 Å². The van der Waals surface area contributed by atoms with Gasteiger partial charge < -0.3 is 5.32 Å². The molecule has 2 aromatic rings. The summed E-state index contributed by atoms with van der Waals surface area (Å²) >= 11 is 1.51. The molecule has 0 fully saturated rings. The molecule has 0 aliphatic rings. The molecule has 0 spiro atoms. The topological polar surface area (TPSA) is 42.0 Å². The van der Waals surface area contributed by atoms with Crippen LogP contribution in [0.1, 0.15) is 28.9 Å². The van der Waals surface area contributed by atoms with E-state index in [2.05, 4.69) is 16.9 Å². The van der Waals surface area contributed by atoms with Crippen LogP contribution < -0.4 is 5.32 Å². The van der Waals surface area contributed by atoms with E-state index in [9.17, 15) is 4.79 Å². The third-order valence-corrected chi connectivity index (χ3v) is 4.00. The van der Waals surface area contributed by atoms with Crippen molar-refractivity contribution in [2.75, 3.05) is 5.75 Å². The van der Waals surface area contributed by atoms with E-state index >= 15 is 0 Å². The van der Waals surface area contributed by atoms with Crippen LogP contribution >= 0.6 is 11.8 Å². The molecule has 21 heavy (non-hydrogen) atoms. The molecule has 1 heterocycles. The molecule has 0 radical (unpaired) electrons. The molecule has 0 aliphatic carbocycles. The number of pyridine rings is 1. The van der Waals surface area contributed by atoms with Crippen molar-refractivity contribution in [3.05, 3.63) is 72.4 Å². The van der Waals surface area contributed by atoms with E-state index in [1.54, 1.807) is 24.4 Å². The predicted octanol–water partition coefficient (Wildman–Crippen LogP) is 3.85. The SMILES string of the molecule is C=CCSc1ncccc1C(=O)NC(C)c1ccccc1. The molecule has 1 atom stereocenters. The summed E-state index contributed by atoms with van der Waals surface area (Å²) in [6.07, 6.45) is 3.50. The lowest BCUT2D eigenvalue weighted by Gasteiger charge is -2.15. The van der Waals surface area contributed by atoms with Gasteiger partial charge in [0, 0.05) is 11.9 Å². The van der Waals surface area contributed by atoms with Gasteiger partial charge in [-0.2, -0.15) is 0 Å². The minimum atomic E-state index is -0.106. The highest BCUT2D eigenvalue weighted by Crippen LogP contribution is 2.21. The number of nitrogens with zero attached hydrogens (tertiary/aromatic N) is 1. The first kappa shape index (κ1) is 15.3. The molecule has 1 amide bonds. The van der Waals surface area contributed by atoms with Gasteiger partial charge in [0.1, 0.15) is 5.03 Å². The summed E-state index contributed by atoms with van der Waals surface area (Å²) in [6.45, 7) is 5.66. The first-order valence-electron chi connectivity index (χ1n) is 6.77. The smallest absolute Gasteiger partial charge is 0.254 e. The van der Waals surface area contributed by atoms with Crippen molar-refractivity contribution >= 4 is 17.7 Å². The van der Waals surface area contributed by atoms with Gasteiger partial charge in [0.15, 0.2) is 0 Å². The Morgan fingerprint density at radius 2 is 2.10 bits per heavy atom. The molecule has 1 aromatic heterocycles. The lowest BCUT2D eigenvalue weighted by atomic mass is 10.1. The fourth-order valence-electron chi connectivity index (χ4n) is 1.92. The zero-order valence-corrected chi connectivity index (χ0v) is 12.8. The molecule has 1 aromatic carbocycles. The fraction of sp³-hybridized carbons (Fsp3) is 0.176. The summed E-state index contributed by atoms with van der Waals surface area (Å²) in [5.41, 5.74) is 1.68. The molecule has 2 rings (SSSR count). The van der Waals surface area contributed by atoms with Crippen LogP contribution in [0.3, 0.4) is 0 Å². The standard InChI is InChI=1S/C17H18N2OS/c1-3-12-21-17-15(10-7-11-18-17)16(20)19-13(2)14-8-5-4-6-9-14/h3-11,13H,1,12H2,2H3,(H,19,20). The van der Waals surface area contributed by atoms with Gasteiger partial charge in [0.25, 0.3) is 5.91 Å². The number of hydrogen-bond acceptors (Lipinski definition) is 3. The average molecular weight is 298 g/mol. The summed E-state index contributed by atoms with van der Waals surface area (Å²) in [5, 5.41) is 3.74. The van der Waals surface area contributed by atoms with E-state index in [1.807, 2.05) is 37.3 Å². The van der Waals surface area contributed by atoms with E-state index in [1.165, 1.54) is 11.8 Å². The lowest BCUT2D eigenvalue weighted by molar-refractivity contribution is 0.0936. The molecule has 0 saturated carbocycles. The van der Waals surface area contributed by atoms with Crippen LogP contribution in [0.5, 0.6) is 0 Å². The van der Waals surface area contributed by atoms with E-state index in [0.29, 0.717) is 5.56 Å². The quantitative estimate of drug-likeness (QED) is 0.650. The molecule has 3 nitrogen and oxygen atoms in total. The highest BCUT2D eigenvalue weighted by molar-refractivity contribution is 7.99. The number of carbonyl (C=O) groups excluding carboxylic acids is 1. The molecule has 4 heteroatoms. The molecular weight excluding hydrogens is 280 g/mol. The van der Waals surface area contributed by atoms with Crippen molar-refractivity contribution < 1.29 is 4.79 Å². The molecule has 0 bridgehead atoms. The zero-order chi connectivity index (χ0) is 15.1. The Morgan fingerprint density at radius 3 is 2.81 bits per heavy atom. The van der Waals surface area contributed by atoms with Crippen molar-refractivity contribution in [3.63, 3.8) is 0 Å². The molecule has 1 N–H and O–H groups in total. The Bertz CT molecular complexity index is 613. The van der Waals surface area contributed by atoms with Gasteiger partial charge in [-0.05, 0) is 24.6 Å². The lowest BCUT2D eigenvalue weighted by Crippen LogP contribution is -2.27. The van der Waals surface area contributed by atoms with Crippen molar-refractivity contribution in [1.29, 1.82) is 0 Å². The molecule has 1 unspecified atom stereocenters. The third-order valence-electron chi connectivity index (χ3n) is 3.00. The van der Waals surface area contributed by atoms with Gasteiger partial charge >= 0.3 is 0 Å². The summed E-state index contributed by atoms with van der Waals surface area (Å²) in [6, 6.07) is 13.4. The van der Waals surface area contributed by atoms with E-state index < -0.39 is 0 Å². The second-order valence-corrected chi connectivity index (χ2v) is 5.57. The monoisotopic (exact) mass is 298 g/mol. The Morgan fingerprint density at radius 1 is 1.33 bits per heavy atom. The molecule has 0 aliphatic heterocycles. The van der Waals surface area contributed by atoms with E-state index in [4.69, 9.17) is 0 Å². The Balaban J connectivity index is 2.11. The number of hydrogen-bond donors (Lipinski definition) is 1. The maximum absolute atomic E-state index is 12.4. The molecule has 0 saturated heterocycles. The molecule has 108 valence electrons. The van der Waals surface area contributed by atoms with Crippen LogP contribution in [-0.2, 0) is 0 Å². The maximum atomic E-state index is 12.4. The van der Waals surface area contributed by atoms with Gasteiger partial charge in [-0.15, -0.1) is 18.3 Å².